The Morgan fingerprint density at radius 3 is 2.61 bits per heavy atom. The zero-order valence-corrected chi connectivity index (χ0v) is 15.0. The van der Waals surface area contributed by atoms with E-state index in [4.69, 9.17) is 0 Å². The zero-order chi connectivity index (χ0) is 16.2. The van der Waals surface area contributed by atoms with Gasteiger partial charge in [0.1, 0.15) is 0 Å². The molecule has 3 rings (SSSR count). The van der Waals surface area contributed by atoms with Crippen molar-refractivity contribution in [2.75, 3.05) is 32.9 Å². The zero-order valence-electron chi connectivity index (χ0n) is 14.2. The summed E-state index contributed by atoms with van der Waals surface area (Å²) in [6.07, 6.45) is 2.49. The fourth-order valence-corrected chi connectivity index (χ4v) is 4.08. The molecule has 1 fully saturated rings. The maximum absolute atomic E-state index is 4.32. The van der Waals surface area contributed by atoms with E-state index >= 15 is 0 Å². The van der Waals surface area contributed by atoms with Gasteiger partial charge in [-0.2, -0.15) is 0 Å². The molecule has 0 aliphatic carbocycles. The Bertz CT molecular complexity index is 674. The van der Waals surface area contributed by atoms with E-state index in [0.717, 1.165) is 5.75 Å². The van der Waals surface area contributed by atoms with Crippen LogP contribution in [0.2, 0.25) is 0 Å². The van der Waals surface area contributed by atoms with E-state index < -0.39 is 0 Å². The molecule has 2 aromatic rings. The highest BCUT2D eigenvalue weighted by atomic mass is 32.2. The first-order valence-corrected chi connectivity index (χ1v) is 9.33. The van der Waals surface area contributed by atoms with Gasteiger partial charge in [0.2, 0.25) is 0 Å². The van der Waals surface area contributed by atoms with Gasteiger partial charge in [0.05, 0.1) is 0 Å². The molecule has 122 valence electrons. The molecule has 0 atom stereocenters. The third kappa shape index (κ3) is 4.10. The first-order valence-electron chi connectivity index (χ1n) is 8.34. The van der Waals surface area contributed by atoms with Crippen molar-refractivity contribution in [1.29, 1.82) is 0 Å². The summed E-state index contributed by atoms with van der Waals surface area (Å²) >= 11 is 1.88. The average Bonchev–Trinajstić information content (AvgIpc) is 2.59. The molecule has 0 spiro atoms. The van der Waals surface area contributed by atoms with E-state index in [-0.39, 0.29) is 0 Å². The Hall–Kier alpha value is -1.45. The van der Waals surface area contributed by atoms with E-state index in [1.165, 1.54) is 47.3 Å². The number of piperidine rings is 1. The van der Waals surface area contributed by atoms with Crippen LogP contribution in [0.5, 0.6) is 0 Å². The Balaban J connectivity index is 1.57. The summed E-state index contributed by atoms with van der Waals surface area (Å²) in [6.45, 7) is 6.71. The Labute approximate surface area is 144 Å². The summed E-state index contributed by atoms with van der Waals surface area (Å²) in [6, 6.07) is 15.9. The standard InChI is InChI=1S/C20H26N2S/c1-16(22(3)19-10-12-21(2)13-11-19)15-23-20-9-8-17-6-4-5-7-18(17)14-20/h4-9,14,19H,1,10-13,15H2,2-3H3. The van der Waals surface area contributed by atoms with Gasteiger partial charge in [-0.25, -0.2) is 0 Å². The number of benzene rings is 2. The molecule has 0 unspecified atom stereocenters. The molecule has 0 saturated carbocycles. The van der Waals surface area contributed by atoms with E-state index in [1.807, 2.05) is 11.8 Å². The highest BCUT2D eigenvalue weighted by Crippen LogP contribution is 2.27. The Morgan fingerprint density at radius 1 is 1.17 bits per heavy atom. The summed E-state index contributed by atoms with van der Waals surface area (Å²) in [5, 5.41) is 2.62. The third-order valence-corrected chi connectivity index (χ3v) is 5.93. The van der Waals surface area contributed by atoms with E-state index in [0.29, 0.717) is 6.04 Å². The molecule has 0 bridgehead atoms. The van der Waals surface area contributed by atoms with Crippen LogP contribution in [0.3, 0.4) is 0 Å². The van der Waals surface area contributed by atoms with E-state index in [9.17, 15) is 0 Å². The molecular weight excluding hydrogens is 300 g/mol. The van der Waals surface area contributed by atoms with Crippen LogP contribution in [0.15, 0.2) is 59.6 Å². The van der Waals surface area contributed by atoms with Crippen LogP contribution in [-0.2, 0) is 0 Å². The molecule has 2 nitrogen and oxygen atoms in total. The summed E-state index contributed by atoms with van der Waals surface area (Å²) < 4.78 is 0. The molecule has 1 aliphatic heterocycles. The highest BCUT2D eigenvalue weighted by molar-refractivity contribution is 7.99. The SMILES string of the molecule is C=C(CSc1ccc2ccccc2c1)N(C)C1CCN(C)CC1. The van der Waals surface area contributed by atoms with Crippen LogP contribution in [0.1, 0.15) is 12.8 Å². The van der Waals surface area contributed by atoms with Crippen LogP contribution in [0.25, 0.3) is 10.8 Å². The molecule has 0 aromatic heterocycles. The van der Waals surface area contributed by atoms with Crippen LogP contribution in [0.4, 0.5) is 0 Å². The second-order valence-electron chi connectivity index (χ2n) is 6.51. The second-order valence-corrected chi connectivity index (χ2v) is 7.56. The van der Waals surface area contributed by atoms with Gasteiger partial charge in [0.25, 0.3) is 0 Å². The molecule has 1 saturated heterocycles. The summed E-state index contributed by atoms with van der Waals surface area (Å²) in [4.78, 5) is 6.14. The molecule has 0 amide bonds. The van der Waals surface area contributed by atoms with Crippen molar-refractivity contribution >= 4 is 22.5 Å². The topological polar surface area (TPSA) is 6.48 Å². The van der Waals surface area contributed by atoms with Gasteiger partial charge < -0.3 is 9.80 Å². The van der Waals surface area contributed by atoms with E-state index in [2.05, 4.69) is 72.9 Å². The van der Waals surface area contributed by atoms with Gasteiger partial charge in [-0.3, -0.25) is 0 Å². The monoisotopic (exact) mass is 326 g/mol. The van der Waals surface area contributed by atoms with E-state index in [1.54, 1.807) is 0 Å². The van der Waals surface area contributed by atoms with Crippen molar-refractivity contribution < 1.29 is 0 Å². The normalized spacial score (nSPS) is 16.6. The first kappa shape index (κ1) is 16.4. The smallest absolute Gasteiger partial charge is 0.0376 e. The van der Waals surface area contributed by atoms with Crippen molar-refractivity contribution in [2.45, 2.75) is 23.8 Å². The van der Waals surface area contributed by atoms with Gasteiger partial charge in [0, 0.05) is 29.4 Å². The molecular formula is C20H26N2S. The van der Waals surface area contributed by atoms with Crippen LogP contribution < -0.4 is 0 Å². The lowest BCUT2D eigenvalue weighted by Crippen LogP contribution is -2.41. The number of nitrogens with zero attached hydrogens (tertiary/aromatic N) is 2. The summed E-state index contributed by atoms with van der Waals surface area (Å²) in [7, 11) is 4.42. The Morgan fingerprint density at radius 2 is 1.87 bits per heavy atom. The molecule has 0 radical (unpaired) electrons. The number of thioether (sulfide) groups is 1. The van der Waals surface area contributed by atoms with Crippen molar-refractivity contribution in [2.24, 2.45) is 0 Å². The lowest BCUT2D eigenvalue weighted by Gasteiger charge is -2.37. The quantitative estimate of drug-likeness (QED) is 0.749. The molecule has 2 aromatic carbocycles. The maximum atomic E-state index is 4.32. The van der Waals surface area contributed by atoms with Crippen LogP contribution in [-0.4, -0.2) is 48.8 Å². The van der Waals surface area contributed by atoms with Gasteiger partial charge in [-0.15, -0.1) is 11.8 Å². The number of fused-ring (bicyclic) bond motifs is 1. The lowest BCUT2D eigenvalue weighted by atomic mass is 10.0. The predicted molar refractivity (Wildman–Crippen MR) is 102 cm³/mol. The largest absolute Gasteiger partial charge is 0.375 e. The summed E-state index contributed by atoms with van der Waals surface area (Å²) in [5.41, 5.74) is 1.23. The average molecular weight is 327 g/mol. The minimum Gasteiger partial charge on any atom is -0.375 e. The third-order valence-electron chi connectivity index (χ3n) is 4.86. The van der Waals surface area contributed by atoms with Crippen molar-refractivity contribution in [3.8, 4) is 0 Å². The number of likely N-dealkylation sites (tertiary alicyclic amines) is 1. The minimum atomic E-state index is 0.649. The van der Waals surface area contributed by atoms with Gasteiger partial charge in [-0.1, -0.05) is 36.9 Å². The van der Waals surface area contributed by atoms with Gasteiger partial charge >= 0.3 is 0 Å². The van der Waals surface area contributed by atoms with Crippen molar-refractivity contribution in [1.82, 2.24) is 9.80 Å². The first-order chi connectivity index (χ1) is 11.1. The number of hydrogen-bond donors (Lipinski definition) is 0. The number of hydrogen-bond acceptors (Lipinski definition) is 3. The molecule has 0 N–H and O–H groups in total. The minimum absolute atomic E-state index is 0.649. The molecule has 1 aliphatic rings. The van der Waals surface area contributed by atoms with Crippen LogP contribution in [0, 0.1) is 0 Å². The predicted octanol–water partition coefficient (Wildman–Crippen LogP) is 4.47. The van der Waals surface area contributed by atoms with Crippen LogP contribution >= 0.6 is 11.8 Å². The van der Waals surface area contributed by atoms with Gasteiger partial charge in [-0.05, 0) is 55.9 Å². The highest BCUT2D eigenvalue weighted by Gasteiger charge is 2.21. The molecule has 3 heteroatoms. The number of rotatable bonds is 5. The molecule has 1 heterocycles. The maximum Gasteiger partial charge on any atom is 0.0376 e. The van der Waals surface area contributed by atoms with Crippen molar-refractivity contribution in [3.63, 3.8) is 0 Å². The van der Waals surface area contributed by atoms with Crippen molar-refractivity contribution in [3.05, 3.63) is 54.7 Å². The molecule has 23 heavy (non-hydrogen) atoms. The lowest BCUT2D eigenvalue weighted by molar-refractivity contribution is 0.171. The van der Waals surface area contributed by atoms with Gasteiger partial charge in [0.15, 0.2) is 0 Å². The second kappa shape index (κ2) is 7.41. The fraction of sp³-hybridized carbons (Fsp3) is 0.400. The summed E-state index contributed by atoms with van der Waals surface area (Å²) in [5.74, 6) is 0.960. The Kier molecular flexibility index (Phi) is 5.29. The fourth-order valence-electron chi connectivity index (χ4n) is 3.17.